The van der Waals surface area contributed by atoms with E-state index in [1.807, 2.05) is 54.7 Å². The lowest BCUT2D eigenvalue weighted by atomic mass is 10.2. The van der Waals surface area contributed by atoms with Crippen molar-refractivity contribution in [2.24, 2.45) is 0 Å². The lowest BCUT2D eigenvalue weighted by molar-refractivity contribution is 1.36. The summed E-state index contributed by atoms with van der Waals surface area (Å²) in [6.07, 6.45) is 1.94. The van der Waals surface area contributed by atoms with E-state index in [9.17, 15) is 0 Å². The Hall–Kier alpha value is -4.12. The Morgan fingerprint density at radius 1 is 0.400 bits per heavy atom. The first-order chi connectivity index (χ1) is 22.2. The van der Waals surface area contributed by atoms with Crippen LogP contribution in [0.25, 0.3) is 74.0 Å². The van der Waals surface area contributed by atoms with E-state index in [1.54, 1.807) is 45.3 Å². The van der Waals surface area contributed by atoms with Gasteiger partial charge in [-0.2, -0.15) is 0 Å². The van der Waals surface area contributed by atoms with Crippen LogP contribution in [-0.4, -0.2) is 19.9 Å². The number of hydrogen-bond acceptors (Lipinski definition) is 8. The SMILES string of the molecule is Brc1sc(-c2ccccc2)nc1-c1sc(-c2ccccc2)nc1-c1sc(-c2ccccc2)nc1-c1cnc(-c2ccccc2)s1. The molecular weight excluding hydrogens is 697 g/mol. The topological polar surface area (TPSA) is 51.6 Å². The first-order valence-electron chi connectivity index (χ1n) is 14.1. The third-order valence-corrected chi connectivity index (χ3v) is 12.1. The van der Waals surface area contributed by atoms with Gasteiger partial charge in [-0.25, -0.2) is 19.9 Å². The monoisotopic (exact) mass is 716 g/mol. The molecule has 0 aliphatic carbocycles. The molecular formula is C36H21BrN4S4. The first kappa shape index (κ1) is 28.4. The highest BCUT2D eigenvalue weighted by atomic mass is 79.9. The molecule has 45 heavy (non-hydrogen) atoms. The van der Waals surface area contributed by atoms with E-state index in [0.717, 1.165) is 77.8 Å². The molecule has 0 aliphatic heterocycles. The van der Waals surface area contributed by atoms with Gasteiger partial charge in [0.15, 0.2) is 0 Å². The van der Waals surface area contributed by atoms with Crippen LogP contribution in [0.15, 0.2) is 131 Å². The van der Waals surface area contributed by atoms with Crippen LogP contribution in [0, 0.1) is 0 Å². The fraction of sp³-hybridized carbons (Fsp3) is 0. The molecule has 9 heteroatoms. The number of benzene rings is 4. The molecule has 0 fully saturated rings. The summed E-state index contributed by atoms with van der Waals surface area (Å²) in [4.78, 5) is 23.6. The Morgan fingerprint density at radius 3 is 1.31 bits per heavy atom. The average molecular weight is 718 g/mol. The lowest BCUT2D eigenvalue weighted by Crippen LogP contribution is -1.85. The minimum Gasteiger partial charge on any atom is -0.244 e. The second-order valence-electron chi connectivity index (χ2n) is 10.0. The highest BCUT2D eigenvalue weighted by molar-refractivity contribution is 9.11. The molecule has 4 heterocycles. The van der Waals surface area contributed by atoms with Gasteiger partial charge in [-0.05, 0) is 15.9 Å². The molecule has 0 spiro atoms. The largest absolute Gasteiger partial charge is 0.244 e. The summed E-state index contributed by atoms with van der Waals surface area (Å²) in [5.74, 6) is 0. The van der Waals surface area contributed by atoms with Gasteiger partial charge in [0.2, 0.25) is 0 Å². The zero-order chi connectivity index (χ0) is 30.2. The van der Waals surface area contributed by atoms with Gasteiger partial charge in [0.1, 0.15) is 37.1 Å². The van der Waals surface area contributed by atoms with Crippen molar-refractivity contribution in [1.82, 2.24) is 19.9 Å². The maximum Gasteiger partial charge on any atom is 0.125 e. The molecule has 0 saturated heterocycles. The van der Waals surface area contributed by atoms with Crippen LogP contribution in [0.1, 0.15) is 0 Å². The summed E-state index contributed by atoms with van der Waals surface area (Å²) in [5, 5.41) is 3.81. The highest BCUT2D eigenvalue weighted by Crippen LogP contribution is 2.50. The Morgan fingerprint density at radius 2 is 0.800 bits per heavy atom. The fourth-order valence-corrected chi connectivity index (χ4v) is 9.88. The van der Waals surface area contributed by atoms with Crippen LogP contribution in [-0.2, 0) is 0 Å². The van der Waals surface area contributed by atoms with Crippen LogP contribution < -0.4 is 0 Å². The number of nitrogens with zero attached hydrogens (tertiary/aromatic N) is 4. The molecule has 0 N–H and O–H groups in total. The van der Waals surface area contributed by atoms with Gasteiger partial charge in [-0.1, -0.05) is 121 Å². The zero-order valence-electron chi connectivity index (χ0n) is 23.4. The van der Waals surface area contributed by atoms with Crippen molar-refractivity contribution in [1.29, 1.82) is 0 Å². The number of rotatable bonds is 7. The number of thiazole rings is 4. The van der Waals surface area contributed by atoms with Crippen molar-refractivity contribution in [3.8, 4) is 74.0 Å². The minimum atomic E-state index is 0.883. The molecule has 4 aromatic carbocycles. The zero-order valence-corrected chi connectivity index (χ0v) is 28.3. The van der Waals surface area contributed by atoms with Crippen molar-refractivity contribution in [3.05, 3.63) is 131 Å². The maximum absolute atomic E-state index is 5.33. The molecule has 0 amide bonds. The normalized spacial score (nSPS) is 11.2. The van der Waals surface area contributed by atoms with Crippen LogP contribution in [0.5, 0.6) is 0 Å². The number of hydrogen-bond donors (Lipinski definition) is 0. The van der Waals surface area contributed by atoms with Crippen LogP contribution in [0.2, 0.25) is 0 Å². The Balaban J connectivity index is 1.34. The summed E-state index contributed by atoms with van der Waals surface area (Å²) in [6, 6.07) is 41.3. The van der Waals surface area contributed by atoms with E-state index in [2.05, 4.69) is 88.7 Å². The Labute approximate surface area is 284 Å². The van der Waals surface area contributed by atoms with E-state index in [1.165, 1.54) is 0 Å². The molecule has 0 aliphatic rings. The van der Waals surface area contributed by atoms with Crippen LogP contribution >= 0.6 is 61.3 Å². The summed E-state index contributed by atoms with van der Waals surface area (Å²) < 4.78 is 0.976. The van der Waals surface area contributed by atoms with Gasteiger partial charge >= 0.3 is 0 Å². The molecule has 216 valence electrons. The molecule has 4 aromatic heterocycles. The number of halogens is 1. The second kappa shape index (κ2) is 12.3. The van der Waals surface area contributed by atoms with E-state index < -0.39 is 0 Å². The minimum absolute atomic E-state index is 0.883. The molecule has 8 aromatic rings. The van der Waals surface area contributed by atoms with Gasteiger partial charge in [0, 0.05) is 28.5 Å². The third-order valence-electron chi connectivity index (χ3n) is 7.09. The average Bonchev–Trinajstić information content (AvgIpc) is 3.91. The quantitative estimate of drug-likeness (QED) is 0.165. The van der Waals surface area contributed by atoms with E-state index in [0.29, 0.717) is 0 Å². The predicted octanol–water partition coefficient (Wildman–Crippen LogP) is 11.9. The predicted molar refractivity (Wildman–Crippen MR) is 195 cm³/mol. The van der Waals surface area contributed by atoms with Crippen molar-refractivity contribution in [3.63, 3.8) is 0 Å². The van der Waals surface area contributed by atoms with E-state index >= 15 is 0 Å². The van der Waals surface area contributed by atoms with E-state index in [-0.39, 0.29) is 0 Å². The Kier molecular flexibility index (Phi) is 7.78. The number of aromatic nitrogens is 4. The molecule has 0 radical (unpaired) electrons. The smallest absolute Gasteiger partial charge is 0.125 e. The molecule has 0 unspecified atom stereocenters. The molecule has 8 rings (SSSR count). The van der Waals surface area contributed by atoms with Crippen molar-refractivity contribution < 1.29 is 0 Å². The second-order valence-corrected chi connectivity index (χ2v) is 15.4. The first-order valence-corrected chi connectivity index (χ1v) is 18.1. The maximum atomic E-state index is 5.33. The lowest BCUT2D eigenvalue weighted by Gasteiger charge is -2.01. The molecule has 0 bridgehead atoms. The molecule has 0 atom stereocenters. The van der Waals surface area contributed by atoms with Crippen molar-refractivity contribution in [2.75, 3.05) is 0 Å². The summed E-state index contributed by atoms with van der Waals surface area (Å²) in [5.41, 5.74) is 6.99. The standard InChI is InChI=1S/C36H21BrN4S4/c37-32-29(41-36(45-32)25-19-11-4-12-20-25)31-28(40-35(44-31)24-17-9-3-10-18-24)30-27(39-34(43-30)23-15-7-2-8-16-23)26-21-38-33(42-26)22-13-5-1-6-14-22/h1-21H. The summed E-state index contributed by atoms with van der Waals surface area (Å²) >= 11 is 10.5. The third kappa shape index (κ3) is 5.62. The van der Waals surface area contributed by atoms with Crippen molar-refractivity contribution >= 4 is 61.3 Å². The van der Waals surface area contributed by atoms with Gasteiger partial charge in [-0.3, -0.25) is 0 Å². The molecule has 0 saturated carbocycles. The van der Waals surface area contributed by atoms with Crippen molar-refractivity contribution in [2.45, 2.75) is 0 Å². The van der Waals surface area contributed by atoms with Gasteiger partial charge < -0.3 is 0 Å². The fourth-order valence-electron chi connectivity index (χ4n) is 4.93. The van der Waals surface area contributed by atoms with E-state index in [4.69, 9.17) is 19.9 Å². The summed E-state index contributed by atoms with van der Waals surface area (Å²) in [6.45, 7) is 0. The van der Waals surface area contributed by atoms with Crippen LogP contribution in [0.3, 0.4) is 0 Å². The van der Waals surface area contributed by atoms with Gasteiger partial charge in [-0.15, -0.1) is 45.3 Å². The Bertz CT molecular complexity index is 2220. The molecule has 4 nitrogen and oxygen atoms in total. The van der Waals surface area contributed by atoms with Gasteiger partial charge in [0.05, 0.1) is 18.4 Å². The highest BCUT2D eigenvalue weighted by Gasteiger charge is 2.27. The summed E-state index contributed by atoms with van der Waals surface area (Å²) in [7, 11) is 0. The van der Waals surface area contributed by atoms with Gasteiger partial charge in [0.25, 0.3) is 0 Å². The van der Waals surface area contributed by atoms with Crippen LogP contribution in [0.4, 0.5) is 0 Å².